The molecule has 0 spiro atoms. The van der Waals surface area contributed by atoms with Crippen LogP contribution in [-0.2, 0) is 9.53 Å². The summed E-state index contributed by atoms with van der Waals surface area (Å²) in [6.45, 7) is 7.46. The van der Waals surface area contributed by atoms with Crippen molar-refractivity contribution < 1.29 is 14.3 Å². The van der Waals surface area contributed by atoms with Gasteiger partial charge in [0.1, 0.15) is 0 Å². The van der Waals surface area contributed by atoms with Crippen LogP contribution in [0.5, 0.6) is 5.88 Å². The zero-order valence-corrected chi connectivity index (χ0v) is 15.9. The second-order valence-electron chi connectivity index (χ2n) is 5.97. The number of carbonyl (C=O) groups excluding carboxylic acids is 1. The maximum Gasteiger partial charge on any atom is 0.347 e. The van der Waals surface area contributed by atoms with Gasteiger partial charge in [0.25, 0.3) is 5.88 Å². The van der Waals surface area contributed by atoms with Crippen LogP contribution in [0.15, 0.2) is 30.3 Å². The number of hydrogen-bond acceptors (Lipinski definition) is 8. The highest BCUT2D eigenvalue weighted by molar-refractivity contribution is 6.99. The third kappa shape index (κ3) is 4.24. The number of hydrogen-bond donors (Lipinski definition) is 0. The maximum atomic E-state index is 12.0. The van der Waals surface area contributed by atoms with Crippen LogP contribution in [0.25, 0.3) is 0 Å². The fourth-order valence-corrected chi connectivity index (χ4v) is 3.44. The number of benzene rings is 1. The summed E-state index contributed by atoms with van der Waals surface area (Å²) >= 11 is 1.10. The van der Waals surface area contributed by atoms with Crippen molar-refractivity contribution >= 4 is 29.2 Å². The minimum absolute atomic E-state index is 0.336. The number of anilines is 2. The first-order chi connectivity index (χ1) is 12.7. The third-order valence-corrected chi connectivity index (χ3v) is 4.82. The number of ether oxygens (including phenoxy) is 2. The minimum Gasteiger partial charge on any atom is -0.463 e. The highest BCUT2D eigenvalue weighted by atomic mass is 32.1. The van der Waals surface area contributed by atoms with Gasteiger partial charge >= 0.3 is 5.97 Å². The van der Waals surface area contributed by atoms with Gasteiger partial charge < -0.3 is 19.3 Å². The van der Waals surface area contributed by atoms with E-state index in [2.05, 4.69) is 42.8 Å². The van der Waals surface area contributed by atoms with Crippen LogP contribution in [0.3, 0.4) is 0 Å². The van der Waals surface area contributed by atoms with Crippen molar-refractivity contribution in [1.82, 2.24) is 8.75 Å². The molecule has 1 atom stereocenters. The van der Waals surface area contributed by atoms with E-state index in [1.165, 1.54) is 5.69 Å². The lowest BCUT2D eigenvalue weighted by Gasteiger charge is -2.36. The normalized spacial score (nSPS) is 15.6. The average Bonchev–Trinajstić information content (AvgIpc) is 3.15. The lowest BCUT2D eigenvalue weighted by Crippen LogP contribution is -2.46. The van der Waals surface area contributed by atoms with Crippen molar-refractivity contribution in [3.05, 3.63) is 30.3 Å². The van der Waals surface area contributed by atoms with E-state index in [-0.39, 0.29) is 5.97 Å². The summed E-state index contributed by atoms with van der Waals surface area (Å²) in [5.41, 5.74) is 1.23. The fraction of sp³-hybridized carbons (Fsp3) is 0.500. The number of aromatic nitrogens is 2. The summed E-state index contributed by atoms with van der Waals surface area (Å²) in [7, 11) is 0. The molecular formula is C18H24N4O3S. The second-order valence-corrected chi connectivity index (χ2v) is 6.50. The zero-order chi connectivity index (χ0) is 18.4. The zero-order valence-electron chi connectivity index (χ0n) is 15.1. The summed E-state index contributed by atoms with van der Waals surface area (Å²) in [5.74, 6) is 0.774. The SMILES string of the molecule is CCOC(=O)C(CC)Oc1nsnc1N1CCN(c2ccccc2)CC1. The van der Waals surface area contributed by atoms with E-state index in [0.29, 0.717) is 24.7 Å². The molecule has 0 amide bonds. The first-order valence-electron chi connectivity index (χ1n) is 8.93. The largest absolute Gasteiger partial charge is 0.463 e. The summed E-state index contributed by atoms with van der Waals surface area (Å²) in [4.78, 5) is 16.5. The van der Waals surface area contributed by atoms with Gasteiger partial charge in [-0.2, -0.15) is 4.37 Å². The van der Waals surface area contributed by atoms with E-state index < -0.39 is 6.10 Å². The van der Waals surface area contributed by atoms with Crippen molar-refractivity contribution in [3.63, 3.8) is 0 Å². The summed E-state index contributed by atoms with van der Waals surface area (Å²) in [6, 6.07) is 10.4. The average molecular weight is 376 g/mol. The Bertz CT molecular complexity index is 701. The number of para-hydroxylation sites is 1. The Balaban J connectivity index is 1.63. The van der Waals surface area contributed by atoms with E-state index in [4.69, 9.17) is 9.47 Å². The summed E-state index contributed by atoms with van der Waals surface area (Å²) in [6.07, 6.45) is -0.124. The summed E-state index contributed by atoms with van der Waals surface area (Å²) in [5, 5.41) is 0. The first kappa shape index (κ1) is 18.4. The molecule has 0 N–H and O–H groups in total. The Morgan fingerprint density at radius 1 is 1.12 bits per heavy atom. The molecule has 140 valence electrons. The van der Waals surface area contributed by atoms with Crippen LogP contribution in [0.2, 0.25) is 0 Å². The van der Waals surface area contributed by atoms with Gasteiger partial charge in [0.2, 0.25) is 5.82 Å². The van der Waals surface area contributed by atoms with Gasteiger partial charge in [0.05, 0.1) is 18.3 Å². The third-order valence-electron chi connectivity index (χ3n) is 4.32. The van der Waals surface area contributed by atoms with Crippen molar-refractivity contribution in [2.75, 3.05) is 42.6 Å². The molecule has 1 fully saturated rings. The molecule has 0 saturated carbocycles. The second kappa shape index (κ2) is 8.84. The van der Waals surface area contributed by atoms with Crippen molar-refractivity contribution in [1.29, 1.82) is 0 Å². The molecule has 1 aromatic heterocycles. The number of carbonyl (C=O) groups is 1. The quantitative estimate of drug-likeness (QED) is 0.688. The Morgan fingerprint density at radius 3 is 2.46 bits per heavy atom. The molecular weight excluding hydrogens is 352 g/mol. The molecule has 1 aliphatic rings. The predicted octanol–water partition coefficient (Wildman–Crippen LogP) is 2.59. The van der Waals surface area contributed by atoms with Crippen LogP contribution in [0.4, 0.5) is 11.5 Å². The van der Waals surface area contributed by atoms with Crippen molar-refractivity contribution in [3.8, 4) is 5.88 Å². The molecule has 2 aromatic rings. The Kier molecular flexibility index (Phi) is 6.27. The standard InChI is InChI=1S/C18H24N4O3S/c1-3-15(18(23)24-4-2)25-17-16(19-26-20-17)22-12-10-21(11-13-22)14-8-6-5-7-9-14/h5-9,15H,3-4,10-13H2,1-2H3. The molecule has 3 rings (SSSR count). The molecule has 7 nitrogen and oxygen atoms in total. The monoisotopic (exact) mass is 376 g/mol. The molecule has 1 aromatic carbocycles. The molecule has 0 aliphatic carbocycles. The number of nitrogens with zero attached hydrogens (tertiary/aromatic N) is 4. The molecule has 0 bridgehead atoms. The van der Waals surface area contributed by atoms with E-state index in [9.17, 15) is 4.79 Å². The van der Waals surface area contributed by atoms with Gasteiger partial charge in [-0.3, -0.25) is 0 Å². The van der Waals surface area contributed by atoms with Gasteiger partial charge in [0.15, 0.2) is 6.10 Å². The number of esters is 1. The number of piperazine rings is 1. The van der Waals surface area contributed by atoms with Crippen LogP contribution in [0.1, 0.15) is 20.3 Å². The van der Waals surface area contributed by atoms with Crippen LogP contribution >= 0.6 is 11.7 Å². The Morgan fingerprint density at radius 2 is 1.81 bits per heavy atom. The lowest BCUT2D eigenvalue weighted by molar-refractivity contribution is -0.151. The Hall–Kier alpha value is -2.35. The highest BCUT2D eigenvalue weighted by Gasteiger charge is 2.27. The maximum absolute atomic E-state index is 12.0. The summed E-state index contributed by atoms with van der Waals surface area (Å²) < 4.78 is 19.5. The van der Waals surface area contributed by atoms with E-state index in [1.54, 1.807) is 6.92 Å². The predicted molar refractivity (Wildman–Crippen MR) is 102 cm³/mol. The molecule has 26 heavy (non-hydrogen) atoms. The van der Waals surface area contributed by atoms with Crippen molar-refractivity contribution in [2.45, 2.75) is 26.4 Å². The van der Waals surface area contributed by atoms with E-state index >= 15 is 0 Å². The van der Waals surface area contributed by atoms with Crippen LogP contribution in [0, 0.1) is 0 Å². The van der Waals surface area contributed by atoms with Crippen LogP contribution in [-0.4, -0.2) is 53.6 Å². The van der Waals surface area contributed by atoms with Gasteiger partial charge in [-0.25, -0.2) is 4.79 Å². The molecule has 2 heterocycles. The molecule has 1 saturated heterocycles. The molecule has 8 heteroatoms. The first-order valence-corrected chi connectivity index (χ1v) is 9.66. The van der Waals surface area contributed by atoms with E-state index in [1.807, 2.05) is 13.0 Å². The van der Waals surface area contributed by atoms with E-state index in [0.717, 1.165) is 37.9 Å². The minimum atomic E-state index is -0.650. The van der Waals surface area contributed by atoms with Crippen molar-refractivity contribution in [2.24, 2.45) is 0 Å². The van der Waals surface area contributed by atoms with Gasteiger partial charge in [-0.05, 0) is 25.5 Å². The molecule has 1 aliphatic heterocycles. The lowest BCUT2D eigenvalue weighted by atomic mass is 10.2. The fourth-order valence-electron chi connectivity index (χ4n) is 2.93. The van der Waals surface area contributed by atoms with Gasteiger partial charge in [-0.15, -0.1) is 4.37 Å². The van der Waals surface area contributed by atoms with Gasteiger partial charge in [0, 0.05) is 31.9 Å². The Labute approximate surface area is 157 Å². The van der Waals surface area contributed by atoms with Gasteiger partial charge in [-0.1, -0.05) is 25.1 Å². The number of rotatable bonds is 7. The van der Waals surface area contributed by atoms with Crippen LogP contribution < -0.4 is 14.5 Å². The smallest absolute Gasteiger partial charge is 0.347 e. The molecule has 0 radical (unpaired) electrons. The highest BCUT2D eigenvalue weighted by Crippen LogP contribution is 2.29. The molecule has 1 unspecified atom stereocenters. The topological polar surface area (TPSA) is 67.8 Å².